The Balaban J connectivity index is 1.68. The van der Waals surface area contributed by atoms with Gasteiger partial charge in [-0.3, -0.25) is 18.7 Å². The van der Waals surface area contributed by atoms with Gasteiger partial charge in [-0.1, -0.05) is 42.0 Å². The lowest BCUT2D eigenvalue weighted by Crippen LogP contribution is -2.41. The van der Waals surface area contributed by atoms with E-state index in [-0.39, 0.29) is 18.4 Å². The van der Waals surface area contributed by atoms with Crippen LogP contribution in [0.15, 0.2) is 63.8 Å². The summed E-state index contributed by atoms with van der Waals surface area (Å²) >= 11 is 0. The van der Waals surface area contributed by atoms with E-state index < -0.39 is 11.2 Å². The molecule has 5 rings (SSSR count). The number of aromatic nitrogens is 4. The second kappa shape index (κ2) is 8.48. The molecule has 4 heterocycles. The Morgan fingerprint density at radius 3 is 2.68 bits per heavy atom. The SMILES string of the molecule is CC(C)=CCn1c(N2CC[C@H]3NC=C[C@H]32)nc2c1c(=O)n(CC(=O)c1ccccc1)c(=O)n2C. The molecule has 34 heavy (non-hydrogen) atoms. The maximum Gasteiger partial charge on any atom is 0.332 e. The van der Waals surface area contributed by atoms with Crippen LogP contribution in [0.1, 0.15) is 30.6 Å². The second-order valence-corrected chi connectivity index (χ2v) is 9.10. The Morgan fingerprint density at radius 2 is 1.94 bits per heavy atom. The standard InChI is InChI=1S/C25H28N6O3/c1-16(2)10-13-30-21-22(27-24(30)29-14-11-18-19(29)9-12-26-18)28(3)25(34)31(23(21)33)15-20(32)17-7-5-4-6-8-17/h4-10,12,18-19,26H,11,13-15H2,1-3H3/t18-,19-/m1/s1. The summed E-state index contributed by atoms with van der Waals surface area (Å²) < 4.78 is 4.27. The van der Waals surface area contributed by atoms with E-state index in [4.69, 9.17) is 4.98 Å². The van der Waals surface area contributed by atoms with Crippen LogP contribution in [0.4, 0.5) is 5.95 Å². The molecule has 2 aromatic heterocycles. The van der Waals surface area contributed by atoms with E-state index in [2.05, 4.69) is 16.3 Å². The van der Waals surface area contributed by atoms with Crippen molar-refractivity contribution in [3.05, 3.63) is 80.7 Å². The highest BCUT2D eigenvalue weighted by atomic mass is 16.2. The number of hydrogen-bond donors (Lipinski definition) is 1. The number of imidazole rings is 1. The molecule has 9 heteroatoms. The van der Waals surface area contributed by atoms with Crippen LogP contribution in [0, 0.1) is 0 Å². The summed E-state index contributed by atoms with van der Waals surface area (Å²) in [6.45, 7) is 4.91. The van der Waals surface area contributed by atoms with Gasteiger partial charge in [0.15, 0.2) is 16.9 Å². The van der Waals surface area contributed by atoms with Crippen LogP contribution in [-0.4, -0.2) is 43.1 Å². The van der Waals surface area contributed by atoms with Crippen molar-refractivity contribution in [1.82, 2.24) is 24.0 Å². The summed E-state index contributed by atoms with van der Waals surface area (Å²) in [4.78, 5) is 46.6. The number of nitrogens with one attached hydrogen (secondary N) is 1. The van der Waals surface area contributed by atoms with Crippen molar-refractivity contribution in [3.63, 3.8) is 0 Å². The zero-order chi connectivity index (χ0) is 24.0. The molecule has 0 aliphatic carbocycles. The number of benzene rings is 1. The third kappa shape index (κ3) is 3.57. The molecule has 176 valence electrons. The number of hydrogen-bond acceptors (Lipinski definition) is 6. The molecule has 9 nitrogen and oxygen atoms in total. The van der Waals surface area contributed by atoms with Crippen LogP contribution in [0.25, 0.3) is 11.2 Å². The minimum absolute atomic E-state index is 0.140. The quantitative estimate of drug-likeness (QED) is 0.445. The summed E-state index contributed by atoms with van der Waals surface area (Å²) in [6, 6.07) is 9.14. The van der Waals surface area contributed by atoms with Crippen molar-refractivity contribution in [2.45, 2.75) is 45.4 Å². The van der Waals surface area contributed by atoms with Crippen LogP contribution in [0.2, 0.25) is 0 Å². The van der Waals surface area contributed by atoms with Crippen molar-refractivity contribution < 1.29 is 4.79 Å². The Bertz CT molecular complexity index is 1440. The first-order valence-electron chi connectivity index (χ1n) is 11.5. The predicted octanol–water partition coefficient (Wildman–Crippen LogP) is 1.81. The van der Waals surface area contributed by atoms with E-state index in [1.807, 2.05) is 36.8 Å². The summed E-state index contributed by atoms with van der Waals surface area (Å²) in [5, 5.41) is 3.37. The fourth-order valence-corrected chi connectivity index (χ4v) is 4.77. The Labute approximate surface area is 196 Å². The van der Waals surface area contributed by atoms with E-state index in [9.17, 15) is 14.4 Å². The fourth-order valence-electron chi connectivity index (χ4n) is 4.77. The van der Waals surface area contributed by atoms with Crippen molar-refractivity contribution in [2.75, 3.05) is 11.4 Å². The van der Waals surface area contributed by atoms with Crippen LogP contribution >= 0.6 is 0 Å². The van der Waals surface area contributed by atoms with E-state index in [1.165, 1.54) is 4.57 Å². The number of rotatable bonds is 6. The fraction of sp³-hybridized carbons (Fsp3) is 0.360. The maximum absolute atomic E-state index is 13.7. The van der Waals surface area contributed by atoms with Crippen LogP contribution in [0.3, 0.4) is 0 Å². The van der Waals surface area contributed by atoms with Crippen LogP contribution < -0.4 is 21.5 Å². The molecule has 1 N–H and O–H groups in total. The molecule has 1 fully saturated rings. The molecule has 0 radical (unpaired) electrons. The molecular weight excluding hydrogens is 432 g/mol. The number of allylic oxidation sites excluding steroid dienone is 2. The molecule has 1 aromatic carbocycles. The Kier molecular flexibility index (Phi) is 5.47. The lowest BCUT2D eigenvalue weighted by molar-refractivity contribution is 0.0969. The molecule has 3 aromatic rings. The first-order valence-corrected chi connectivity index (χ1v) is 11.5. The van der Waals surface area contributed by atoms with Crippen LogP contribution in [-0.2, 0) is 20.1 Å². The molecule has 0 unspecified atom stereocenters. The number of anilines is 1. The van der Waals surface area contributed by atoms with Gasteiger partial charge in [0.2, 0.25) is 5.95 Å². The third-order valence-corrected chi connectivity index (χ3v) is 6.61. The average Bonchev–Trinajstić information content (AvgIpc) is 3.54. The van der Waals surface area contributed by atoms with Crippen molar-refractivity contribution in [1.29, 1.82) is 0 Å². The van der Waals surface area contributed by atoms with Gasteiger partial charge in [-0.25, -0.2) is 4.79 Å². The lowest BCUT2D eigenvalue weighted by Gasteiger charge is -2.24. The number of Topliss-reactive ketones (excluding diaryl/α,β-unsaturated/α-hetero) is 1. The minimum atomic E-state index is -0.554. The van der Waals surface area contributed by atoms with Crippen LogP contribution in [0.5, 0.6) is 0 Å². The number of ketones is 1. The van der Waals surface area contributed by atoms with E-state index in [0.717, 1.165) is 23.1 Å². The van der Waals surface area contributed by atoms with Crippen molar-refractivity contribution in [2.24, 2.45) is 7.05 Å². The van der Waals surface area contributed by atoms with E-state index >= 15 is 0 Å². The van der Waals surface area contributed by atoms with Gasteiger partial charge in [-0.05, 0) is 32.5 Å². The Morgan fingerprint density at radius 1 is 1.18 bits per heavy atom. The first-order chi connectivity index (χ1) is 16.4. The molecule has 0 bridgehead atoms. The van der Waals surface area contributed by atoms with Gasteiger partial charge in [0.1, 0.15) is 0 Å². The summed E-state index contributed by atoms with van der Waals surface area (Å²) in [6.07, 6.45) is 7.06. The predicted molar refractivity (Wildman–Crippen MR) is 131 cm³/mol. The maximum atomic E-state index is 13.7. The highest BCUT2D eigenvalue weighted by Crippen LogP contribution is 2.30. The molecular formula is C25H28N6O3. The van der Waals surface area contributed by atoms with Gasteiger partial charge in [-0.2, -0.15) is 4.98 Å². The summed E-state index contributed by atoms with van der Waals surface area (Å²) in [5.41, 5.74) is 1.17. The van der Waals surface area contributed by atoms with Gasteiger partial charge >= 0.3 is 5.69 Å². The molecule has 0 amide bonds. The number of nitrogens with zero attached hydrogens (tertiary/aromatic N) is 5. The second-order valence-electron chi connectivity index (χ2n) is 9.10. The van der Waals surface area contributed by atoms with Gasteiger partial charge in [0.05, 0.1) is 18.6 Å². The number of carbonyl (C=O) groups is 1. The molecule has 0 saturated carbocycles. The van der Waals surface area contributed by atoms with Crippen molar-refractivity contribution in [3.8, 4) is 0 Å². The first kappa shape index (κ1) is 21.9. The molecule has 0 spiro atoms. The number of carbonyl (C=O) groups excluding carboxylic acids is 1. The van der Waals surface area contributed by atoms with Gasteiger partial charge in [0, 0.05) is 25.7 Å². The topological polar surface area (TPSA) is 94.2 Å². The number of fused-ring (bicyclic) bond motifs is 2. The zero-order valence-electron chi connectivity index (χ0n) is 19.6. The Hall–Kier alpha value is -3.88. The third-order valence-electron chi connectivity index (χ3n) is 6.61. The molecule has 1 saturated heterocycles. The summed E-state index contributed by atoms with van der Waals surface area (Å²) in [5.74, 6) is 0.367. The largest absolute Gasteiger partial charge is 0.386 e. The van der Waals surface area contributed by atoms with E-state index in [1.54, 1.807) is 31.3 Å². The monoisotopic (exact) mass is 460 g/mol. The number of aryl methyl sites for hydroxylation is 1. The lowest BCUT2D eigenvalue weighted by atomic mass is 10.1. The average molecular weight is 461 g/mol. The van der Waals surface area contributed by atoms with E-state index in [0.29, 0.717) is 35.3 Å². The van der Waals surface area contributed by atoms with Gasteiger partial charge < -0.3 is 14.8 Å². The highest BCUT2D eigenvalue weighted by Gasteiger charge is 2.37. The highest BCUT2D eigenvalue weighted by molar-refractivity contribution is 5.95. The smallest absolute Gasteiger partial charge is 0.332 e. The van der Waals surface area contributed by atoms with Gasteiger partial charge in [0.25, 0.3) is 5.56 Å². The van der Waals surface area contributed by atoms with Gasteiger partial charge in [-0.15, -0.1) is 0 Å². The zero-order valence-corrected chi connectivity index (χ0v) is 19.6. The minimum Gasteiger partial charge on any atom is -0.386 e. The van der Waals surface area contributed by atoms with Crippen molar-refractivity contribution >= 4 is 22.9 Å². The molecule has 2 aliphatic rings. The molecule has 2 aliphatic heterocycles. The molecule has 2 atom stereocenters. The normalized spacial score (nSPS) is 18.9. The summed E-state index contributed by atoms with van der Waals surface area (Å²) in [7, 11) is 1.60.